The van der Waals surface area contributed by atoms with Crippen LogP contribution in [0, 0.1) is 5.82 Å². The summed E-state index contributed by atoms with van der Waals surface area (Å²) in [7, 11) is 0. The normalized spacial score (nSPS) is 16.7. The van der Waals surface area contributed by atoms with Crippen LogP contribution in [-0.2, 0) is 6.18 Å². The van der Waals surface area contributed by atoms with Crippen LogP contribution in [-0.4, -0.2) is 5.84 Å². The lowest BCUT2D eigenvalue weighted by atomic mass is 10.0. The Morgan fingerprint density at radius 3 is 2.30 bits per heavy atom. The molecule has 23 heavy (non-hydrogen) atoms. The number of aliphatic imine (C=N–C) groups is 1. The van der Waals surface area contributed by atoms with Gasteiger partial charge in [-0.15, -0.1) is 12.4 Å². The number of benzene rings is 2. The Balaban J connectivity index is 0.00000192. The van der Waals surface area contributed by atoms with Crippen LogP contribution < -0.4 is 11.1 Å². The number of hydrogen-bond acceptors (Lipinski definition) is 3. The van der Waals surface area contributed by atoms with Crippen molar-refractivity contribution in [3.05, 3.63) is 65.0 Å². The van der Waals surface area contributed by atoms with Gasteiger partial charge in [0, 0.05) is 5.69 Å². The van der Waals surface area contributed by atoms with Gasteiger partial charge in [0.25, 0.3) is 0 Å². The highest BCUT2D eigenvalue weighted by Gasteiger charge is 2.30. The molecule has 122 valence electrons. The van der Waals surface area contributed by atoms with Crippen molar-refractivity contribution < 1.29 is 17.6 Å². The van der Waals surface area contributed by atoms with Crippen LogP contribution in [0.3, 0.4) is 0 Å². The second-order valence-electron chi connectivity index (χ2n) is 4.84. The van der Waals surface area contributed by atoms with Crippen LogP contribution >= 0.6 is 12.4 Å². The Morgan fingerprint density at radius 2 is 1.70 bits per heavy atom. The first-order chi connectivity index (χ1) is 10.4. The lowest BCUT2D eigenvalue weighted by Gasteiger charge is -2.24. The molecule has 0 aromatic heterocycles. The van der Waals surface area contributed by atoms with Gasteiger partial charge >= 0.3 is 6.18 Å². The monoisotopic (exact) mass is 345 g/mol. The van der Waals surface area contributed by atoms with Crippen molar-refractivity contribution in [1.82, 2.24) is 0 Å². The van der Waals surface area contributed by atoms with Gasteiger partial charge in [-0.2, -0.15) is 13.2 Å². The van der Waals surface area contributed by atoms with Gasteiger partial charge in [0.1, 0.15) is 17.8 Å². The van der Waals surface area contributed by atoms with Crippen molar-refractivity contribution in [1.29, 1.82) is 0 Å². The first kappa shape index (κ1) is 17.1. The maximum atomic E-state index is 13.7. The SMILES string of the molecule is Cl.NC1=NC(c2ccc(C(F)(F)F)cc2)Nc2cccc(F)c21. The van der Waals surface area contributed by atoms with E-state index in [-0.39, 0.29) is 23.8 Å². The summed E-state index contributed by atoms with van der Waals surface area (Å²) in [6, 6.07) is 9.01. The Bertz CT molecular complexity index is 741. The number of nitrogens with zero attached hydrogens (tertiary/aromatic N) is 1. The third kappa shape index (κ3) is 3.24. The molecule has 3 N–H and O–H groups in total. The van der Waals surface area contributed by atoms with Crippen LogP contribution in [0.4, 0.5) is 23.2 Å². The highest BCUT2D eigenvalue weighted by molar-refractivity contribution is 6.04. The summed E-state index contributed by atoms with van der Waals surface area (Å²) in [5, 5.41) is 2.95. The molecular formula is C15H12ClF4N3. The van der Waals surface area contributed by atoms with E-state index >= 15 is 0 Å². The minimum Gasteiger partial charge on any atom is -0.383 e. The van der Waals surface area contributed by atoms with E-state index in [0.29, 0.717) is 11.3 Å². The van der Waals surface area contributed by atoms with E-state index in [1.807, 2.05) is 0 Å². The molecule has 0 fully saturated rings. The highest BCUT2D eigenvalue weighted by Crippen LogP contribution is 2.33. The zero-order valence-electron chi connectivity index (χ0n) is 11.6. The van der Waals surface area contributed by atoms with E-state index in [1.165, 1.54) is 24.3 Å². The van der Waals surface area contributed by atoms with Gasteiger partial charge in [-0.05, 0) is 29.8 Å². The van der Waals surface area contributed by atoms with Crippen LogP contribution in [0.5, 0.6) is 0 Å². The number of fused-ring (bicyclic) bond motifs is 1. The molecule has 1 heterocycles. The molecular weight excluding hydrogens is 334 g/mol. The van der Waals surface area contributed by atoms with E-state index in [4.69, 9.17) is 5.73 Å². The van der Waals surface area contributed by atoms with Crippen molar-refractivity contribution >= 4 is 23.9 Å². The molecule has 0 aliphatic carbocycles. The van der Waals surface area contributed by atoms with Gasteiger partial charge in [-0.3, -0.25) is 0 Å². The number of rotatable bonds is 1. The second kappa shape index (κ2) is 6.08. The molecule has 2 aromatic rings. The molecule has 0 saturated heterocycles. The maximum absolute atomic E-state index is 13.7. The molecule has 0 bridgehead atoms. The summed E-state index contributed by atoms with van der Waals surface area (Å²) in [4.78, 5) is 4.11. The number of nitrogens with one attached hydrogen (secondary N) is 1. The van der Waals surface area contributed by atoms with Gasteiger partial charge in [0.05, 0.1) is 11.1 Å². The van der Waals surface area contributed by atoms with E-state index in [2.05, 4.69) is 10.3 Å². The minimum atomic E-state index is -4.39. The molecule has 1 aliphatic rings. The maximum Gasteiger partial charge on any atom is 0.416 e. The van der Waals surface area contributed by atoms with Crippen LogP contribution in [0.2, 0.25) is 0 Å². The molecule has 0 saturated carbocycles. The molecule has 3 rings (SSSR count). The second-order valence-corrected chi connectivity index (χ2v) is 4.84. The average molecular weight is 346 g/mol. The lowest BCUT2D eigenvalue weighted by molar-refractivity contribution is -0.137. The topological polar surface area (TPSA) is 50.4 Å². The summed E-state index contributed by atoms with van der Waals surface area (Å²) in [5.74, 6) is -0.492. The molecule has 0 amide bonds. The van der Waals surface area contributed by atoms with Gasteiger partial charge in [0.15, 0.2) is 0 Å². The molecule has 3 nitrogen and oxygen atoms in total. The summed E-state index contributed by atoms with van der Waals surface area (Å²) in [6.45, 7) is 0. The number of hydrogen-bond donors (Lipinski definition) is 2. The molecule has 0 spiro atoms. The van der Waals surface area contributed by atoms with Crippen molar-refractivity contribution in [3.63, 3.8) is 0 Å². The zero-order valence-corrected chi connectivity index (χ0v) is 12.4. The summed E-state index contributed by atoms with van der Waals surface area (Å²) in [6.07, 6.45) is -5.05. The number of halogens is 5. The third-order valence-corrected chi connectivity index (χ3v) is 3.38. The fourth-order valence-electron chi connectivity index (χ4n) is 2.30. The van der Waals surface area contributed by atoms with Gasteiger partial charge in [-0.1, -0.05) is 18.2 Å². The van der Waals surface area contributed by atoms with Crippen LogP contribution in [0.25, 0.3) is 0 Å². The highest BCUT2D eigenvalue weighted by atomic mass is 35.5. The van der Waals surface area contributed by atoms with E-state index in [1.54, 1.807) is 6.07 Å². The number of alkyl halides is 3. The van der Waals surface area contributed by atoms with Crippen LogP contribution in [0.15, 0.2) is 47.5 Å². The number of anilines is 1. The van der Waals surface area contributed by atoms with Gasteiger partial charge in [-0.25, -0.2) is 9.38 Å². The Labute approximate surface area is 135 Å². The predicted molar refractivity (Wildman–Crippen MR) is 82.2 cm³/mol. The quantitative estimate of drug-likeness (QED) is 0.765. The van der Waals surface area contributed by atoms with E-state index < -0.39 is 23.7 Å². The van der Waals surface area contributed by atoms with Crippen LogP contribution in [0.1, 0.15) is 22.9 Å². The van der Waals surface area contributed by atoms with Crippen molar-refractivity contribution in [2.75, 3.05) is 5.32 Å². The van der Waals surface area contributed by atoms with Gasteiger partial charge < -0.3 is 11.1 Å². The zero-order chi connectivity index (χ0) is 15.9. The molecule has 1 atom stereocenters. The molecule has 0 radical (unpaired) electrons. The van der Waals surface area contributed by atoms with Crippen molar-refractivity contribution in [2.45, 2.75) is 12.3 Å². The minimum absolute atomic E-state index is 0. The first-order valence-corrected chi connectivity index (χ1v) is 6.42. The Morgan fingerprint density at radius 1 is 1.04 bits per heavy atom. The standard InChI is InChI=1S/C15H11F4N3.ClH/c16-10-2-1-3-11-12(10)13(20)22-14(21-11)8-4-6-9(7-5-8)15(17,18)19;/h1-7,14,21H,(H2,20,22);1H. The number of nitrogens with two attached hydrogens (primary N) is 1. The Kier molecular flexibility index (Phi) is 4.51. The van der Waals surface area contributed by atoms with E-state index in [9.17, 15) is 17.6 Å². The summed E-state index contributed by atoms with van der Waals surface area (Å²) < 4.78 is 51.4. The molecule has 1 unspecified atom stereocenters. The summed E-state index contributed by atoms with van der Waals surface area (Å²) >= 11 is 0. The molecule has 1 aliphatic heterocycles. The fraction of sp³-hybridized carbons (Fsp3) is 0.133. The Hall–Kier alpha value is -2.28. The lowest BCUT2D eigenvalue weighted by Crippen LogP contribution is -2.26. The van der Waals surface area contributed by atoms with Crippen molar-refractivity contribution in [2.24, 2.45) is 10.7 Å². The average Bonchev–Trinajstić information content (AvgIpc) is 2.46. The van der Waals surface area contributed by atoms with E-state index in [0.717, 1.165) is 12.1 Å². The largest absolute Gasteiger partial charge is 0.416 e. The van der Waals surface area contributed by atoms with Gasteiger partial charge in [0.2, 0.25) is 0 Å². The number of amidine groups is 1. The molecule has 8 heteroatoms. The summed E-state index contributed by atoms with van der Waals surface area (Å²) in [5.41, 5.74) is 6.16. The predicted octanol–water partition coefficient (Wildman–Crippen LogP) is 4.10. The third-order valence-electron chi connectivity index (χ3n) is 3.38. The van der Waals surface area contributed by atoms with Crippen molar-refractivity contribution in [3.8, 4) is 0 Å². The fourth-order valence-corrected chi connectivity index (χ4v) is 2.30. The smallest absolute Gasteiger partial charge is 0.383 e. The molecule has 2 aromatic carbocycles. The first-order valence-electron chi connectivity index (χ1n) is 6.42.